The van der Waals surface area contributed by atoms with Crippen LogP contribution in [0.4, 0.5) is 13.2 Å². The lowest BCUT2D eigenvalue weighted by atomic mass is 10.2. The van der Waals surface area contributed by atoms with Crippen molar-refractivity contribution in [1.82, 2.24) is 19.9 Å². The van der Waals surface area contributed by atoms with Crippen molar-refractivity contribution in [1.29, 1.82) is 0 Å². The summed E-state index contributed by atoms with van der Waals surface area (Å²) in [6.07, 6.45) is 0.719. The van der Waals surface area contributed by atoms with Crippen LogP contribution in [0, 0.1) is 6.92 Å². The Hall–Kier alpha value is -2.50. The molecule has 0 aliphatic carbocycles. The fourth-order valence-corrected chi connectivity index (χ4v) is 4.95. The average Bonchev–Trinajstić information content (AvgIpc) is 3.18. The van der Waals surface area contributed by atoms with Gasteiger partial charge in [0.05, 0.1) is 24.6 Å². The summed E-state index contributed by atoms with van der Waals surface area (Å²) in [7, 11) is 4.57. The van der Waals surface area contributed by atoms with Gasteiger partial charge < -0.3 is 17.1 Å². The van der Waals surface area contributed by atoms with Crippen LogP contribution in [0.5, 0.6) is 5.75 Å². The van der Waals surface area contributed by atoms with E-state index in [4.69, 9.17) is 4.74 Å². The molecule has 6 nitrogen and oxygen atoms in total. The number of aromatic amines is 1. The van der Waals surface area contributed by atoms with Gasteiger partial charge in [-0.25, -0.2) is 19.5 Å². The highest BCUT2D eigenvalue weighted by molar-refractivity contribution is 8.76. The summed E-state index contributed by atoms with van der Waals surface area (Å²) in [5.74, 6) is 1.71. The van der Waals surface area contributed by atoms with Gasteiger partial charge in [-0.1, -0.05) is 15.8 Å². The van der Waals surface area contributed by atoms with Crippen LogP contribution in [-0.2, 0) is 11.9 Å². The Bertz CT molecular complexity index is 1220. The topological polar surface area (TPSA) is 67.6 Å². The minimum Gasteiger partial charge on any atom is -1.00 e. The molecule has 0 radical (unpaired) electrons. The van der Waals surface area contributed by atoms with Gasteiger partial charge in [0, 0.05) is 24.0 Å². The van der Waals surface area contributed by atoms with E-state index in [-0.39, 0.29) is 17.9 Å². The lowest BCUT2D eigenvalue weighted by molar-refractivity contribution is -0.610. The van der Waals surface area contributed by atoms with Crippen molar-refractivity contribution < 1.29 is 34.9 Å². The number of aromatic nitrogens is 5. The van der Waals surface area contributed by atoms with Gasteiger partial charge in [-0.05, 0) is 42.0 Å². The smallest absolute Gasteiger partial charge is 0.416 e. The molecular formula is C20H17ClF3N5OS2. The van der Waals surface area contributed by atoms with Crippen LogP contribution in [0.15, 0.2) is 54.1 Å². The SMILES string of the molecule is COc1cc[n+](-c2nc3cc(C(F)(F)F)ccc3[nH]2)c(CSSc2ncccn2)c1C.[Cl-]. The molecule has 0 saturated carbocycles. The molecule has 0 atom stereocenters. The molecule has 4 aromatic rings. The highest BCUT2D eigenvalue weighted by Gasteiger charge is 2.32. The van der Waals surface area contributed by atoms with Gasteiger partial charge in [-0.2, -0.15) is 13.2 Å². The van der Waals surface area contributed by atoms with Gasteiger partial charge in [-0.15, -0.1) is 0 Å². The van der Waals surface area contributed by atoms with Crippen molar-refractivity contribution in [3.63, 3.8) is 0 Å². The van der Waals surface area contributed by atoms with Gasteiger partial charge in [0.15, 0.2) is 10.7 Å². The molecule has 0 aliphatic rings. The molecule has 0 amide bonds. The summed E-state index contributed by atoms with van der Waals surface area (Å²) in [5.41, 5.74) is 1.83. The number of H-pyrrole nitrogens is 1. The summed E-state index contributed by atoms with van der Waals surface area (Å²) < 4.78 is 46.4. The van der Waals surface area contributed by atoms with E-state index in [0.717, 1.165) is 23.4 Å². The summed E-state index contributed by atoms with van der Waals surface area (Å²) >= 11 is 0. The molecular weight excluding hydrogens is 483 g/mol. The molecule has 1 aromatic carbocycles. The summed E-state index contributed by atoms with van der Waals surface area (Å²) in [5, 5.41) is 0.642. The molecule has 12 heteroatoms. The molecule has 168 valence electrons. The number of rotatable bonds is 6. The first-order valence-corrected chi connectivity index (χ1v) is 11.4. The molecule has 0 saturated heterocycles. The second-order valence-electron chi connectivity index (χ2n) is 6.49. The molecule has 0 bridgehead atoms. The van der Waals surface area contributed by atoms with Gasteiger partial charge in [-0.3, -0.25) is 0 Å². The van der Waals surface area contributed by atoms with E-state index in [1.54, 1.807) is 37.8 Å². The average molecular weight is 500 g/mol. The molecule has 3 heterocycles. The first-order valence-electron chi connectivity index (χ1n) is 9.09. The van der Waals surface area contributed by atoms with Gasteiger partial charge in [0.2, 0.25) is 0 Å². The quantitative estimate of drug-likeness (QED) is 0.248. The van der Waals surface area contributed by atoms with Crippen molar-refractivity contribution >= 4 is 32.6 Å². The van der Waals surface area contributed by atoms with E-state index in [2.05, 4.69) is 19.9 Å². The van der Waals surface area contributed by atoms with Crippen LogP contribution >= 0.6 is 21.6 Å². The van der Waals surface area contributed by atoms with Crippen LogP contribution in [-0.4, -0.2) is 27.0 Å². The molecule has 32 heavy (non-hydrogen) atoms. The Morgan fingerprint density at radius 3 is 2.59 bits per heavy atom. The van der Waals surface area contributed by atoms with Crippen molar-refractivity contribution in [2.24, 2.45) is 0 Å². The van der Waals surface area contributed by atoms with E-state index in [0.29, 0.717) is 28.1 Å². The maximum Gasteiger partial charge on any atom is 0.416 e. The number of hydrogen-bond acceptors (Lipinski definition) is 6. The van der Waals surface area contributed by atoms with Crippen LogP contribution in [0.25, 0.3) is 17.0 Å². The third-order valence-corrected chi connectivity index (χ3v) is 6.61. The fraction of sp³-hybridized carbons (Fsp3) is 0.200. The third kappa shape index (κ3) is 5.11. The molecule has 0 fully saturated rings. The number of ether oxygens (including phenoxy) is 1. The molecule has 4 rings (SSSR count). The number of halogens is 4. The molecule has 1 N–H and O–H groups in total. The highest BCUT2D eigenvalue weighted by Crippen LogP contribution is 2.33. The predicted octanol–water partition coefficient (Wildman–Crippen LogP) is 1.91. The number of methoxy groups -OCH3 is 1. The number of hydrogen-bond donors (Lipinski definition) is 1. The zero-order valence-corrected chi connectivity index (χ0v) is 19.2. The van der Waals surface area contributed by atoms with Crippen LogP contribution in [0.3, 0.4) is 0 Å². The van der Waals surface area contributed by atoms with Gasteiger partial charge >= 0.3 is 12.1 Å². The minimum atomic E-state index is -4.42. The highest BCUT2D eigenvalue weighted by atomic mass is 35.5. The van der Waals surface area contributed by atoms with Crippen LogP contribution in [0.2, 0.25) is 0 Å². The summed E-state index contributed by atoms with van der Waals surface area (Å²) in [6, 6.07) is 7.03. The zero-order valence-electron chi connectivity index (χ0n) is 16.9. The molecule has 0 spiro atoms. The van der Waals surface area contributed by atoms with Crippen LogP contribution in [0.1, 0.15) is 16.8 Å². The van der Waals surface area contributed by atoms with Crippen molar-refractivity contribution in [2.45, 2.75) is 24.0 Å². The maximum absolute atomic E-state index is 13.1. The maximum atomic E-state index is 13.1. The van der Waals surface area contributed by atoms with Crippen molar-refractivity contribution in [3.05, 3.63) is 65.7 Å². The Labute approximate surface area is 195 Å². The largest absolute Gasteiger partial charge is 1.00 e. The predicted molar refractivity (Wildman–Crippen MR) is 113 cm³/mol. The second kappa shape index (κ2) is 9.97. The van der Waals surface area contributed by atoms with E-state index in [9.17, 15) is 13.2 Å². The Morgan fingerprint density at radius 2 is 1.91 bits per heavy atom. The molecule has 0 unspecified atom stereocenters. The van der Waals surface area contributed by atoms with Crippen molar-refractivity contribution in [2.75, 3.05) is 7.11 Å². The normalized spacial score (nSPS) is 11.4. The first kappa shape index (κ1) is 24.1. The van der Waals surface area contributed by atoms with Crippen molar-refractivity contribution in [3.8, 4) is 11.7 Å². The third-order valence-electron chi connectivity index (χ3n) is 4.59. The van der Waals surface area contributed by atoms with Crippen LogP contribution < -0.4 is 21.7 Å². The Balaban J connectivity index is 0.00000289. The number of nitrogens with one attached hydrogen (secondary N) is 1. The molecule has 0 aliphatic heterocycles. The lowest BCUT2D eigenvalue weighted by Gasteiger charge is -2.12. The number of nitrogens with zero attached hydrogens (tertiary/aromatic N) is 4. The Morgan fingerprint density at radius 1 is 1.16 bits per heavy atom. The number of benzene rings is 1. The van der Waals surface area contributed by atoms with E-state index >= 15 is 0 Å². The monoisotopic (exact) mass is 499 g/mol. The lowest BCUT2D eigenvalue weighted by Crippen LogP contribution is -3.00. The second-order valence-corrected chi connectivity index (χ2v) is 8.76. The van der Waals surface area contributed by atoms with Gasteiger partial charge in [0.1, 0.15) is 17.0 Å². The van der Waals surface area contributed by atoms with E-state index in [1.807, 2.05) is 11.5 Å². The zero-order chi connectivity index (χ0) is 22.0. The standard InChI is InChI=1S/C20H17F3N5OS2.ClH/c1-12-16(11-30-31-19-24-7-3-8-25-19)28(9-6-17(12)29-2)18-26-14-5-4-13(20(21,22)23)10-15(14)27-18;/h3-10H,11H2,1-2H3,(H,26,27);1H/q+1;/p-1. The first-order chi connectivity index (χ1) is 14.9. The number of fused-ring (bicyclic) bond motifs is 1. The summed E-state index contributed by atoms with van der Waals surface area (Å²) in [6.45, 7) is 1.93. The number of imidazole rings is 1. The van der Waals surface area contributed by atoms with E-state index in [1.165, 1.54) is 27.7 Å². The summed E-state index contributed by atoms with van der Waals surface area (Å²) in [4.78, 5) is 15.9. The fourth-order valence-electron chi connectivity index (χ4n) is 3.03. The molecule has 3 aromatic heterocycles. The van der Waals surface area contributed by atoms with Gasteiger partial charge in [0.25, 0.3) is 0 Å². The number of alkyl halides is 3. The minimum absolute atomic E-state index is 0. The number of pyridine rings is 1. The van der Waals surface area contributed by atoms with E-state index < -0.39 is 11.7 Å². The Kier molecular flexibility index (Phi) is 7.52.